The average molecular weight is 326 g/mol. The summed E-state index contributed by atoms with van der Waals surface area (Å²) in [6.07, 6.45) is 3.78. The number of carbonyl (C=O) groups is 1. The molecule has 1 aliphatic heterocycles. The molecule has 2 aromatic rings. The molecule has 2 aliphatic rings. The minimum absolute atomic E-state index is 0.211. The molecule has 2 heterocycles. The zero-order chi connectivity index (χ0) is 16.4. The van der Waals surface area contributed by atoms with Crippen molar-refractivity contribution in [2.24, 2.45) is 0 Å². The van der Waals surface area contributed by atoms with Crippen LogP contribution in [0.3, 0.4) is 0 Å². The third-order valence-electron chi connectivity index (χ3n) is 3.75. The van der Waals surface area contributed by atoms with Crippen molar-refractivity contribution in [1.29, 1.82) is 0 Å². The first-order valence-corrected chi connectivity index (χ1v) is 7.96. The molecular weight excluding hydrogens is 308 g/mol. The average Bonchev–Trinajstić information content (AvgIpc) is 3.40. The number of anilines is 3. The van der Waals surface area contributed by atoms with Gasteiger partial charge in [0, 0.05) is 17.8 Å². The molecule has 0 spiro atoms. The van der Waals surface area contributed by atoms with Gasteiger partial charge in [-0.15, -0.1) is 0 Å². The highest BCUT2D eigenvalue weighted by molar-refractivity contribution is 5.88. The zero-order valence-electron chi connectivity index (χ0n) is 13.0. The van der Waals surface area contributed by atoms with Crippen molar-refractivity contribution in [2.45, 2.75) is 18.9 Å². The van der Waals surface area contributed by atoms with E-state index in [2.05, 4.69) is 20.9 Å². The standard InChI is InChI=1S/C17H18N4O3/c22-17(20-11-1-2-11)21-16-6-4-13(10-18-16)19-12-3-5-14-15(9-12)24-8-7-23-14/h3-6,9-11,19H,1-2,7-8H2,(H2,18,20,21,22). The van der Waals surface area contributed by atoms with Crippen LogP contribution in [0.4, 0.5) is 22.0 Å². The molecule has 0 saturated heterocycles. The number of amides is 2. The third kappa shape index (κ3) is 3.51. The lowest BCUT2D eigenvalue weighted by Crippen LogP contribution is -2.30. The van der Waals surface area contributed by atoms with Gasteiger partial charge in [0.15, 0.2) is 11.5 Å². The fraction of sp³-hybridized carbons (Fsp3) is 0.294. The number of carbonyl (C=O) groups excluding carboxylic acids is 1. The van der Waals surface area contributed by atoms with Crippen LogP contribution in [0.2, 0.25) is 0 Å². The quantitative estimate of drug-likeness (QED) is 0.804. The van der Waals surface area contributed by atoms with E-state index < -0.39 is 0 Å². The van der Waals surface area contributed by atoms with Crippen LogP contribution in [-0.2, 0) is 0 Å². The van der Waals surface area contributed by atoms with Crippen LogP contribution >= 0.6 is 0 Å². The van der Waals surface area contributed by atoms with Gasteiger partial charge in [-0.3, -0.25) is 5.32 Å². The van der Waals surface area contributed by atoms with Crippen LogP contribution in [0.5, 0.6) is 11.5 Å². The Balaban J connectivity index is 1.38. The maximum Gasteiger partial charge on any atom is 0.320 e. The molecule has 0 bridgehead atoms. The Hall–Kier alpha value is -2.96. The first-order valence-electron chi connectivity index (χ1n) is 7.96. The monoisotopic (exact) mass is 326 g/mol. The lowest BCUT2D eigenvalue weighted by molar-refractivity contribution is 0.171. The second kappa shape index (κ2) is 6.27. The SMILES string of the molecule is O=C(Nc1ccc(Nc2ccc3c(c2)OCCO3)cn1)NC1CC1. The van der Waals surface area contributed by atoms with E-state index in [1.165, 1.54) is 0 Å². The second-order valence-electron chi connectivity index (χ2n) is 5.79. The lowest BCUT2D eigenvalue weighted by atomic mass is 10.2. The summed E-state index contributed by atoms with van der Waals surface area (Å²) in [6.45, 7) is 1.13. The summed E-state index contributed by atoms with van der Waals surface area (Å²) < 4.78 is 11.1. The largest absolute Gasteiger partial charge is 0.486 e. The van der Waals surface area contributed by atoms with Crippen LogP contribution in [-0.4, -0.2) is 30.3 Å². The molecule has 1 aliphatic carbocycles. The minimum atomic E-state index is -0.211. The number of fused-ring (bicyclic) bond motifs is 1. The first kappa shape index (κ1) is 14.6. The van der Waals surface area contributed by atoms with Gasteiger partial charge >= 0.3 is 6.03 Å². The molecule has 2 amide bonds. The summed E-state index contributed by atoms with van der Waals surface area (Å²) in [4.78, 5) is 15.9. The third-order valence-corrected chi connectivity index (χ3v) is 3.75. The van der Waals surface area contributed by atoms with Crippen LogP contribution in [0.25, 0.3) is 0 Å². The van der Waals surface area contributed by atoms with Gasteiger partial charge in [0.2, 0.25) is 0 Å². The molecule has 3 N–H and O–H groups in total. The van der Waals surface area contributed by atoms with E-state index in [9.17, 15) is 4.79 Å². The van der Waals surface area contributed by atoms with Crippen LogP contribution in [0.15, 0.2) is 36.5 Å². The molecule has 7 heteroatoms. The highest BCUT2D eigenvalue weighted by atomic mass is 16.6. The Morgan fingerprint density at radius 3 is 2.58 bits per heavy atom. The number of pyridine rings is 1. The number of hydrogen-bond acceptors (Lipinski definition) is 5. The van der Waals surface area contributed by atoms with Gasteiger partial charge in [-0.25, -0.2) is 9.78 Å². The number of urea groups is 1. The molecule has 24 heavy (non-hydrogen) atoms. The van der Waals surface area contributed by atoms with Gasteiger partial charge in [0.25, 0.3) is 0 Å². The van der Waals surface area contributed by atoms with E-state index in [1.807, 2.05) is 24.3 Å². The number of ether oxygens (including phenoxy) is 2. The van der Waals surface area contributed by atoms with Crippen molar-refractivity contribution in [3.63, 3.8) is 0 Å². The Labute approximate surface area is 139 Å². The molecule has 0 radical (unpaired) electrons. The van der Waals surface area contributed by atoms with Crippen molar-refractivity contribution in [3.8, 4) is 11.5 Å². The lowest BCUT2D eigenvalue weighted by Gasteiger charge is -2.19. The molecule has 1 fully saturated rings. The molecule has 1 aromatic heterocycles. The minimum Gasteiger partial charge on any atom is -0.486 e. The van der Waals surface area contributed by atoms with Gasteiger partial charge in [0.1, 0.15) is 19.0 Å². The van der Waals surface area contributed by atoms with Crippen LogP contribution < -0.4 is 25.4 Å². The Morgan fingerprint density at radius 1 is 1.04 bits per heavy atom. The Morgan fingerprint density at radius 2 is 1.83 bits per heavy atom. The highest BCUT2D eigenvalue weighted by Gasteiger charge is 2.23. The maximum absolute atomic E-state index is 11.7. The van der Waals surface area contributed by atoms with E-state index >= 15 is 0 Å². The first-order chi connectivity index (χ1) is 11.8. The van der Waals surface area contributed by atoms with Crippen molar-refractivity contribution in [1.82, 2.24) is 10.3 Å². The normalized spacial score (nSPS) is 15.5. The summed E-state index contributed by atoms with van der Waals surface area (Å²) in [6, 6.07) is 9.41. The van der Waals surface area contributed by atoms with Gasteiger partial charge in [-0.05, 0) is 37.1 Å². The van der Waals surface area contributed by atoms with Crippen molar-refractivity contribution in [2.75, 3.05) is 23.8 Å². The van der Waals surface area contributed by atoms with Gasteiger partial charge in [-0.1, -0.05) is 0 Å². The highest BCUT2D eigenvalue weighted by Crippen LogP contribution is 2.33. The van der Waals surface area contributed by atoms with E-state index in [0.29, 0.717) is 25.1 Å². The summed E-state index contributed by atoms with van der Waals surface area (Å²) in [5.41, 5.74) is 1.70. The fourth-order valence-corrected chi connectivity index (χ4v) is 2.39. The topological polar surface area (TPSA) is 84.5 Å². The van der Waals surface area contributed by atoms with E-state index in [0.717, 1.165) is 35.7 Å². The maximum atomic E-state index is 11.7. The molecule has 0 atom stereocenters. The smallest absolute Gasteiger partial charge is 0.320 e. The van der Waals surface area contributed by atoms with Crippen molar-refractivity contribution in [3.05, 3.63) is 36.5 Å². The fourth-order valence-electron chi connectivity index (χ4n) is 2.39. The molecule has 124 valence electrons. The van der Waals surface area contributed by atoms with E-state index in [-0.39, 0.29) is 6.03 Å². The summed E-state index contributed by atoms with van der Waals surface area (Å²) in [5.74, 6) is 2.00. The number of hydrogen-bond donors (Lipinski definition) is 3. The molecule has 1 saturated carbocycles. The predicted octanol–water partition coefficient (Wildman–Crippen LogP) is 2.88. The molecule has 4 rings (SSSR count). The molecule has 1 aromatic carbocycles. The van der Waals surface area contributed by atoms with E-state index in [1.54, 1.807) is 12.3 Å². The number of nitrogens with one attached hydrogen (secondary N) is 3. The number of nitrogens with zero attached hydrogens (tertiary/aromatic N) is 1. The number of benzene rings is 1. The Bertz CT molecular complexity index is 744. The molecular formula is C17H18N4O3. The molecule has 0 unspecified atom stereocenters. The van der Waals surface area contributed by atoms with Crippen LogP contribution in [0.1, 0.15) is 12.8 Å². The predicted molar refractivity (Wildman–Crippen MR) is 90.1 cm³/mol. The van der Waals surface area contributed by atoms with Crippen molar-refractivity contribution < 1.29 is 14.3 Å². The molecule has 7 nitrogen and oxygen atoms in total. The summed E-state index contributed by atoms with van der Waals surface area (Å²) in [5, 5.41) is 8.82. The number of aromatic nitrogens is 1. The van der Waals surface area contributed by atoms with Crippen LogP contribution in [0, 0.1) is 0 Å². The van der Waals surface area contributed by atoms with Crippen molar-refractivity contribution >= 4 is 23.2 Å². The van der Waals surface area contributed by atoms with E-state index in [4.69, 9.17) is 9.47 Å². The zero-order valence-corrected chi connectivity index (χ0v) is 13.0. The van der Waals surface area contributed by atoms with Gasteiger partial charge in [-0.2, -0.15) is 0 Å². The Kier molecular flexibility index (Phi) is 3.82. The number of rotatable bonds is 4. The summed E-state index contributed by atoms with van der Waals surface area (Å²) in [7, 11) is 0. The summed E-state index contributed by atoms with van der Waals surface area (Å²) >= 11 is 0. The van der Waals surface area contributed by atoms with Gasteiger partial charge in [0.05, 0.1) is 11.9 Å². The van der Waals surface area contributed by atoms with Gasteiger partial charge < -0.3 is 20.1 Å². The second-order valence-corrected chi connectivity index (χ2v) is 5.79.